The maximum absolute atomic E-state index is 10.7. The van der Waals surface area contributed by atoms with Crippen molar-refractivity contribution in [3.63, 3.8) is 0 Å². The molecule has 5 heteroatoms. The highest BCUT2D eigenvalue weighted by atomic mass is 16.4. The minimum Gasteiger partial charge on any atom is -0.476 e. The number of hydrogen-bond acceptors (Lipinski definition) is 4. The van der Waals surface area contributed by atoms with Gasteiger partial charge in [0.2, 0.25) is 0 Å². The number of aromatic nitrogens is 2. The van der Waals surface area contributed by atoms with Gasteiger partial charge in [-0.1, -0.05) is 19.3 Å². The third-order valence-electron chi connectivity index (χ3n) is 3.35. The van der Waals surface area contributed by atoms with Crippen molar-refractivity contribution in [2.24, 2.45) is 0 Å². The summed E-state index contributed by atoms with van der Waals surface area (Å²) in [4.78, 5) is 12.8. The second-order valence-corrected chi connectivity index (χ2v) is 4.48. The van der Waals surface area contributed by atoms with Gasteiger partial charge in [-0.25, -0.2) is 4.79 Å². The van der Waals surface area contributed by atoms with Crippen LogP contribution in [-0.2, 0) is 0 Å². The van der Waals surface area contributed by atoms with E-state index in [0.29, 0.717) is 6.04 Å². The van der Waals surface area contributed by atoms with E-state index in [4.69, 9.17) is 5.11 Å². The predicted octanol–water partition coefficient (Wildman–Crippen LogP) is 1.94. The Bertz CT molecular complexity index is 385. The molecule has 1 aromatic heterocycles. The van der Waals surface area contributed by atoms with Gasteiger partial charge in [-0.15, -0.1) is 10.2 Å². The van der Waals surface area contributed by atoms with Gasteiger partial charge in [0, 0.05) is 13.1 Å². The fourth-order valence-electron chi connectivity index (χ4n) is 2.28. The molecule has 0 aromatic carbocycles. The average Bonchev–Trinajstić information content (AvgIpc) is 2.39. The van der Waals surface area contributed by atoms with Crippen LogP contribution in [0.25, 0.3) is 0 Å². The zero-order chi connectivity index (χ0) is 12.3. The number of carboxylic acids is 1. The number of anilines is 1. The first kappa shape index (κ1) is 11.8. The lowest BCUT2D eigenvalue weighted by molar-refractivity contribution is 0.0689. The molecule has 1 N–H and O–H groups in total. The van der Waals surface area contributed by atoms with Gasteiger partial charge >= 0.3 is 5.97 Å². The molecule has 0 unspecified atom stereocenters. The Kier molecular flexibility index (Phi) is 3.56. The number of carbonyl (C=O) groups is 1. The van der Waals surface area contributed by atoms with Crippen LogP contribution in [-0.4, -0.2) is 34.4 Å². The fourth-order valence-corrected chi connectivity index (χ4v) is 2.28. The molecule has 1 aliphatic rings. The molecule has 0 radical (unpaired) electrons. The first-order valence-corrected chi connectivity index (χ1v) is 5.98. The second-order valence-electron chi connectivity index (χ2n) is 4.48. The largest absolute Gasteiger partial charge is 0.476 e. The standard InChI is InChI=1S/C12H17N3O2/c1-15(9-5-3-2-4-6-9)11-8-7-10(12(16)17)13-14-11/h7-9H,2-6H2,1H3,(H,16,17). The maximum atomic E-state index is 10.7. The van der Waals surface area contributed by atoms with Crippen molar-refractivity contribution in [2.75, 3.05) is 11.9 Å². The van der Waals surface area contributed by atoms with Gasteiger partial charge in [-0.05, 0) is 25.0 Å². The number of nitrogens with zero attached hydrogens (tertiary/aromatic N) is 3. The SMILES string of the molecule is CN(c1ccc(C(=O)O)nn1)C1CCCCC1. The summed E-state index contributed by atoms with van der Waals surface area (Å²) in [5, 5.41) is 16.4. The van der Waals surface area contributed by atoms with Crippen molar-refractivity contribution < 1.29 is 9.90 Å². The van der Waals surface area contributed by atoms with E-state index in [2.05, 4.69) is 15.1 Å². The Morgan fingerprint density at radius 2 is 2.00 bits per heavy atom. The predicted molar refractivity (Wildman–Crippen MR) is 64.3 cm³/mol. The van der Waals surface area contributed by atoms with E-state index >= 15 is 0 Å². The second kappa shape index (κ2) is 5.12. The molecule has 0 spiro atoms. The normalized spacial score (nSPS) is 16.8. The lowest BCUT2D eigenvalue weighted by Gasteiger charge is -2.31. The van der Waals surface area contributed by atoms with Gasteiger partial charge in [0.05, 0.1) is 0 Å². The van der Waals surface area contributed by atoms with Gasteiger partial charge in [0.1, 0.15) is 0 Å². The molecule has 1 fully saturated rings. The monoisotopic (exact) mass is 235 g/mol. The number of hydrogen-bond donors (Lipinski definition) is 1. The van der Waals surface area contributed by atoms with Crippen LogP contribution in [0.3, 0.4) is 0 Å². The highest BCUT2D eigenvalue weighted by Gasteiger charge is 2.19. The van der Waals surface area contributed by atoms with Crippen LogP contribution in [0.5, 0.6) is 0 Å². The molecule has 0 bridgehead atoms. The summed E-state index contributed by atoms with van der Waals surface area (Å²) in [6.45, 7) is 0. The Hall–Kier alpha value is -1.65. The molecule has 92 valence electrons. The summed E-state index contributed by atoms with van der Waals surface area (Å²) >= 11 is 0. The lowest BCUT2D eigenvalue weighted by Crippen LogP contribution is -2.34. The van der Waals surface area contributed by atoms with Crippen molar-refractivity contribution in [2.45, 2.75) is 38.1 Å². The van der Waals surface area contributed by atoms with Crippen molar-refractivity contribution in [1.82, 2.24) is 10.2 Å². The minimum absolute atomic E-state index is 0.00852. The zero-order valence-corrected chi connectivity index (χ0v) is 9.96. The molecule has 17 heavy (non-hydrogen) atoms. The molecule has 0 aliphatic heterocycles. The molecule has 0 saturated heterocycles. The van der Waals surface area contributed by atoms with Crippen LogP contribution in [0.2, 0.25) is 0 Å². The van der Waals surface area contributed by atoms with Crippen molar-refractivity contribution in [1.29, 1.82) is 0 Å². The molecule has 0 amide bonds. The van der Waals surface area contributed by atoms with E-state index in [1.165, 1.54) is 38.2 Å². The highest BCUT2D eigenvalue weighted by Crippen LogP contribution is 2.24. The van der Waals surface area contributed by atoms with E-state index in [-0.39, 0.29) is 5.69 Å². The Morgan fingerprint density at radius 1 is 1.29 bits per heavy atom. The average molecular weight is 235 g/mol. The van der Waals surface area contributed by atoms with Gasteiger partial charge in [-0.2, -0.15) is 0 Å². The number of rotatable bonds is 3. The van der Waals surface area contributed by atoms with E-state index in [1.54, 1.807) is 6.07 Å². The number of aromatic carboxylic acids is 1. The summed E-state index contributed by atoms with van der Waals surface area (Å²) in [6, 6.07) is 3.74. The van der Waals surface area contributed by atoms with E-state index < -0.39 is 5.97 Å². The molecule has 0 atom stereocenters. The summed E-state index contributed by atoms with van der Waals surface area (Å²) in [6.07, 6.45) is 6.19. The summed E-state index contributed by atoms with van der Waals surface area (Å²) in [7, 11) is 2.00. The van der Waals surface area contributed by atoms with Crippen molar-refractivity contribution in [3.05, 3.63) is 17.8 Å². The van der Waals surface area contributed by atoms with Gasteiger partial charge in [-0.3, -0.25) is 0 Å². The number of carboxylic acid groups (broad SMARTS) is 1. The van der Waals surface area contributed by atoms with E-state index in [9.17, 15) is 4.79 Å². The fraction of sp³-hybridized carbons (Fsp3) is 0.583. The first-order chi connectivity index (χ1) is 8.18. The molecular formula is C12H17N3O2. The molecule has 2 rings (SSSR count). The van der Waals surface area contributed by atoms with Crippen LogP contribution >= 0.6 is 0 Å². The van der Waals surface area contributed by atoms with Crippen molar-refractivity contribution >= 4 is 11.8 Å². The summed E-state index contributed by atoms with van der Waals surface area (Å²) in [5.41, 5.74) is -0.00852. The first-order valence-electron chi connectivity index (χ1n) is 5.98. The molecule has 5 nitrogen and oxygen atoms in total. The van der Waals surface area contributed by atoms with E-state index in [0.717, 1.165) is 5.82 Å². The summed E-state index contributed by atoms with van der Waals surface area (Å²) in [5.74, 6) is -0.286. The third kappa shape index (κ3) is 2.72. The van der Waals surface area contributed by atoms with Crippen molar-refractivity contribution in [3.8, 4) is 0 Å². The van der Waals surface area contributed by atoms with Crippen LogP contribution in [0.1, 0.15) is 42.6 Å². The summed E-state index contributed by atoms with van der Waals surface area (Å²) < 4.78 is 0. The maximum Gasteiger partial charge on any atom is 0.356 e. The highest BCUT2D eigenvalue weighted by molar-refractivity contribution is 5.85. The Morgan fingerprint density at radius 3 is 2.53 bits per heavy atom. The quantitative estimate of drug-likeness (QED) is 0.867. The van der Waals surface area contributed by atoms with Gasteiger partial charge < -0.3 is 10.0 Å². The van der Waals surface area contributed by atoms with Gasteiger partial charge in [0.15, 0.2) is 11.5 Å². The Balaban J connectivity index is 2.07. The Labute approximate surface area is 100 Å². The lowest BCUT2D eigenvalue weighted by atomic mass is 9.94. The third-order valence-corrected chi connectivity index (χ3v) is 3.35. The van der Waals surface area contributed by atoms with Crippen LogP contribution in [0, 0.1) is 0 Å². The van der Waals surface area contributed by atoms with Crippen LogP contribution < -0.4 is 4.90 Å². The molecular weight excluding hydrogens is 218 g/mol. The smallest absolute Gasteiger partial charge is 0.356 e. The van der Waals surface area contributed by atoms with Crippen LogP contribution in [0.4, 0.5) is 5.82 Å². The zero-order valence-electron chi connectivity index (χ0n) is 9.96. The molecule has 1 saturated carbocycles. The molecule has 1 heterocycles. The topological polar surface area (TPSA) is 66.3 Å². The molecule has 1 aromatic rings. The molecule has 1 aliphatic carbocycles. The van der Waals surface area contributed by atoms with Gasteiger partial charge in [0.25, 0.3) is 0 Å². The van der Waals surface area contributed by atoms with Crippen LogP contribution in [0.15, 0.2) is 12.1 Å². The van der Waals surface area contributed by atoms with E-state index in [1.807, 2.05) is 7.05 Å². The minimum atomic E-state index is -1.04.